The molecule has 3 rings (SSSR count). The predicted octanol–water partition coefficient (Wildman–Crippen LogP) is 3.44. The zero-order valence-corrected chi connectivity index (χ0v) is 12.7. The third-order valence-electron chi connectivity index (χ3n) is 3.91. The van der Waals surface area contributed by atoms with Gasteiger partial charge in [-0.2, -0.15) is 5.10 Å². The number of nitrogens with zero attached hydrogens (tertiary/aromatic N) is 2. The topological polar surface area (TPSA) is 29.9 Å². The number of para-hydroxylation sites is 1. The maximum Gasteiger partial charge on any atom is 0.0835 e. The number of aryl methyl sites for hydroxylation is 1. The Kier molecular flexibility index (Phi) is 3.81. The molecule has 0 unspecified atom stereocenters. The molecule has 0 amide bonds. The molecule has 0 aliphatic heterocycles. The van der Waals surface area contributed by atoms with Gasteiger partial charge < -0.3 is 5.32 Å². The van der Waals surface area contributed by atoms with Crippen molar-refractivity contribution in [3.05, 3.63) is 46.2 Å². The van der Waals surface area contributed by atoms with Crippen molar-refractivity contribution in [2.24, 2.45) is 0 Å². The summed E-state index contributed by atoms with van der Waals surface area (Å²) in [6, 6.07) is 8.61. The third kappa shape index (κ3) is 2.74. The Bertz CT molecular complexity index is 614. The van der Waals surface area contributed by atoms with Crippen LogP contribution in [0.5, 0.6) is 0 Å². The van der Waals surface area contributed by atoms with E-state index in [1.54, 1.807) is 0 Å². The van der Waals surface area contributed by atoms with Gasteiger partial charge in [0.15, 0.2) is 0 Å². The number of rotatable bonds is 5. The van der Waals surface area contributed by atoms with Crippen LogP contribution in [0.15, 0.2) is 24.3 Å². The van der Waals surface area contributed by atoms with Gasteiger partial charge in [-0.05, 0) is 57.4 Å². The molecule has 3 nitrogen and oxygen atoms in total. The van der Waals surface area contributed by atoms with E-state index in [9.17, 15) is 0 Å². The lowest BCUT2D eigenvalue weighted by Gasteiger charge is -2.07. The number of hydrogen-bond donors (Lipinski definition) is 1. The second kappa shape index (κ2) is 5.58. The molecular formula is C16H20ClN3. The van der Waals surface area contributed by atoms with E-state index < -0.39 is 0 Å². The summed E-state index contributed by atoms with van der Waals surface area (Å²) in [7, 11) is 0. The molecule has 2 aromatic rings. The van der Waals surface area contributed by atoms with Crippen molar-refractivity contribution in [1.82, 2.24) is 15.1 Å². The molecule has 1 aliphatic rings. The largest absolute Gasteiger partial charge is 0.314 e. The molecule has 1 heterocycles. The quantitative estimate of drug-likeness (QED) is 0.914. The summed E-state index contributed by atoms with van der Waals surface area (Å²) in [6.45, 7) is 5.23. The smallest absolute Gasteiger partial charge is 0.0835 e. The lowest BCUT2D eigenvalue weighted by atomic mass is 10.1. The van der Waals surface area contributed by atoms with Crippen molar-refractivity contribution >= 4 is 11.6 Å². The van der Waals surface area contributed by atoms with Crippen molar-refractivity contribution in [3.63, 3.8) is 0 Å². The van der Waals surface area contributed by atoms with Crippen molar-refractivity contribution in [2.45, 2.75) is 39.2 Å². The highest BCUT2D eigenvalue weighted by molar-refractivity contribution is 6.32. The van der Waals surface area contributed by atoms with E-state index in [0.717, 1.165) is 35.4 Å². The minimum atomic E-state index is 0.737. The van der Waals surface area contributed by atoms with Gasteiger partial charge in [0.05, 0.1) is 16.4 Å². The molecule has 1 aliphatic carbocycles. The summed E-state index contributed by atoms with van der Waals surface area (Å²) >= 11 is 6.27. The second-order valence-electron chi connectivity index (χ2n) is 5.49. The first kappa shape index (κ1) is 13.7. The van der Waals surface area contributed by atoms with Crippen LogP contribution < -0.4 is 5.32 Å². The van der Waals surface area contributed by atoms with Crippen LogP contribution in [-0.4, -0.2) is 22.4 Å². The maximum absolute atomic E-state index is 6.27. The first-order valence-electron chi connectivity index (χ1n) is 7.20. The molecule has 1 aromatic carbocycles. The first-order chi connectivity index (χ1) is 9.66. The van der Waals surface area contributed by atoms with Crippen LogP contribution in [0.3, 0.4) is 0 Å². The summed E-state index contributed by atoms with van der Waals surface area (Å²) in [4.78, 5) is 0. The van der Waals surface area contributed by atoms with Gasteiger partial charge in [-0.15, -0.1) is 0 Å². The van der Waals surface area contributed by atoms with E-state index in [0.29, 0.717) is 0 Å². The number of halogens is 1. The fourth-order valence-corrected chi connectivity index (χ4v) is 2.80. The van der Waals surface area contributed by atoms with E-state index in [1.807, 2.05) is 28.9 Å². The molecule has 0 radical (unpaired) electrons. The molecule has 0 bridgehead atoms. The molecule has 0 saturated heterocycles. The van der Waals surface area contributed by atoms with E-state index >= 15 is 0 Å². The Morgan fingerprint density at radius 1 is 1.30 bits per heavy atom. The van der Waals surface area contributed by atoms with Crippen LogP contribution in [0.4, 0.5) is 0 Å². The zero-order chi connectivity index (χ0) is 14.1. The lowest BCUT2D eigenvalue weighted by molar-refractivity contribution is 0.679. The highest BCUT2D eigenvalue weighted by Gasteiger charge is 2.20. The summed E-state index contributed by atoms with van der Waals surface area (Å²) in [6.07, 6.45) is 3.69. The van der Waals surface area contributed by atoms with Crippen LogP contribution in [0, 0.1) is 13.8 Å². The van der Waals surface area contributed by atoms with Gasteiger partial charge in [0.2, 0.25) is 0 Å². The average Bonchev–Trinajstić information content (AvgIpc) is 3.21. The molecule has 106 valence electrons. The molecule has 20 heavy (non-hydrogen) atoms. The molecule has 1 N–H and O–H groups in total. The van der Waals surface area contributed by atoms with E-state index in [-0.39, 0.29) is 0 Å². The SMILES string of the molecule is Cc1nn(-c2ccccc2Cl)c(C)c1CCNC1CC1. The number of hydrogen-bond acceptors (Lipinski definition) is 2. The van der Waals surface area contributed by atoms with Gasteiger partial charge >= 0.3 is 0 Å². The highest BCUT2D eigenvalue weighted by atomic mass is 35.5. The Balaban J connectivity index is 1.83. The predicted molar refractivity (Wildman–Crippen MR) is 82.8 cm³/mol. The lowest BCUT2D eigenvalue weighted by Crippen LogP contribution is -2.19. The Morgan fingerprint density at radius 2 is 2.05 bits per heavy atom. The molecular weight excluding hydrogens is 270 g/mol. The molecule has 1 aromatic heterocycles. The fraction of sp³-hybridized carbons (Fsp3) is 0.438. The number of aromatic nitrogens is 2. The Morgan fingerprint density at radius 3 is 2.75 bits per heavy atom. The second-order valence-corrected chi connectivity index (χ2v) is 5.90. The van der Waals surface area contributed by atoms with Gasteiger partial charge in [-0.25, -0.2) is 4.68 Å². The average molecular weight is 290 g/mol. The van der Waals surface area contributed by atoms with E-state index in [1.165, 1.54) is 24.1 Å². The fourth-order valence-electron chi connectivity index (χ4n) is 2.58. The van der Waals surface area contributed by atoms with Crippen LogP contribution in [0.2, 0.25) is 5.02 Å². The highest BCUT2D eigenvalue weighted by Crippen LogP contribution is 2.24. The molecule has 0 spiro atoms. The molecule has 1 saturated carbocycles. The van der Waals surface area contributed by atoms with Crippen molar-refractivity contribution < 1.29 is 0 Å². The summed E-state index contributed by atoms with van der Waals surface area (Å²) < 4.78 is 1.96. The van der Waals surface area contributed by atoms with Gasteiger partial charge in [0.25, 0.3) is 0 Å². The van der Waals surface area contributed by atoms with Crippen LogP contribution in [-0.2, 0) is 6.42 Å². The third-order valence-corrected chi connectivity index (χ3v) is 4.23. The zero-order valence-electron chi connectivity index (χ0n) is 12.0. The van der Waals surface area contributed by atoms with Crippen molar-refractivity contribution in [1.29, 1.82) is 0 Å². The molecule has 0 atom stereocenters. The molecule has 4 heteroatoms. The van der Waals surface area contributed by atoms with Crippen molar-refractivity contribution in [3.8, 4) is 5.69 Å². The van der Waals surface area contributed by atoms with Crippen LogP contribution in [0.25, 0.3) is 5.69 Å². The molecule has 1 fully saturated rings. The van der Waals surface area contributed by atoms with Crippen LogP contribution in [0.1, 0.15) is 29.8 Å². The first-order valence-corrected chi connectivity index (χ1v) is 7.58. The van der Waals surface area contributed by atoms with Gasteiger partial charge in [0.1, 0.15) is 0 Å². The number of benzene rings is 1. The van der Waals surface area contributed by atoms with Gasteiger partial charge in [-0.1, -0.05) is 23.7 Å². The van der Waals surface area contributed by atoms with E-state index in [4.69, 9.17) is 11.6 Å². The number of nitrogens with one attached hydrogen (secondary N) is 1. The van der Waals surface area contributed by atoms with Crippen molar-refractivity contribution in [2.75, 3.05) is 6.54 Å². The Labute approximate surface area is 124 Å². The van der Waals surface area contributed by atoms with Crippen LogP contribution >= 0.6 is 11.6 Å². The maximum atomic E-state index is 6.27. The summed E-state index contributed by atoms with van der Waals surface area (Å²) in [5, 5.41) is 8.95. The minimum absolute atomic E-state index is 0.737. The summed E-state index contributed by atoms with van der Waals surface area (Å²) in [5.41, 5.74) is 4.57. The Hall–Kier alpha value is -1.32. The standard InChI is InChI=1S/C16H20ClN3/c1-11-14(9-10-18-13-7-8-13)12(2)20(19-11)16-6-4-3-5-15(16)17/h3-6,13,18H,7-10H2,1-2H3. The van der Waals surface area contributed by atoms with E-state index in [2.05, 4.69) is 24.3 Å². The normalized spacial score (nSPS) is 14.8. The van der Waals surface area contributed by atoms with Gasteiger partial charge in [-0.3, -0.25) is 0 Å². The minimum Gasteiger partial charge on any atom is -0.314 e. The summed E-state index contributed by atoms with van der Waals surface area (Å²) in [5.74, 6) is 0. The van der Waals surface area contributed by atoms with Gasteiger partial charge in [0, 0.05) is 11.7 Å². The monoisotopic (exact) mass is 289 g/mol.